The van der Waals surface area contributed by atoms with Crippen molar-refractivity contribution < 1.29 is 110 Å². The Bertz CT molecular complexity index is 3680. The van der Waals surface area contributed by atoms with Crippen molar-refractivity contribution in [2.45, 2.75) is 194 Å². The van der Waals surface area contributed by atoms with Gasteiger partial charge in [-0.2, -0.15) is 69.2 Å². The molecule has 106 heavy (non-hydrogen) atoms. The van der Waals surface area contributed by atoms with Crippen molar-refractivity contribution in [1.82, 2.24) is 99.3 Å². The molecule has 0 atom stereocenters. The Morgan fingerprint density at radius 2 is 0.679 bits per heavy atom. The number of aryl methyl sites for hydroxylation is 7. The molecule has 0 aromatic carbocycles. The minimum Gasteiger partial charge on any atom is -0.396 e. The van der Waals surface area contributed by atoms with Gasteiger partial charge < -0.3 is 97.0 Å². The molecule has 25 nitrogen and oxygen atoms in total. The fourth-order valence-corrected chi connectivity index (χ4v) is 7.55. The molecule has 0 unspecified atom stereocenters. The number of alkyl halides is 1. The van der Waals surface area contributed by atoms with Crippen molar-refractivity contribution in [3.8, 4) is 57.6 Å². The van der Waals surface area contributed by atoms with Crippen LogP contribution in [0.3, 0.4) is 0 Å². The smallest absolute Gasteiger partial charge is 0.396 e. The molecule has 0 radical (unpaired) electrons. The summed E-state index contributed by atoms with van der Waals surface area (Å²) < 4.78 is 2.08. The van der Waals surface area contributed by atoms with Gasteiger partial charge in [-0.3, -0.25) is 44.8 Å². The van der Waals surface area contributed by atoms with Gasteiger partial charge in [0, 0.05) is 78.0 Å². The van der Waals surface area contributed by atoms with E-state index < -0.39 is 16.2 Å². The molecule has 586 valence electrons. The van der Waals surface area contributed by atoms with Crippen LogP contribution in [0.2, 0.25) is 0 Å². The summed E-state index contributed by atoms with van der Waals surface area (Å²) in [5, 5.41) is 11.6. The zero-order valence-corrected chi connectivity index (χ0v) is 83.2. The van der Waals surface area contributed by atoms with Gasteiger partial charge in [0.25, 0.3) is 0 Å². The van der Waals surface area contributed by atoms with Crippen LogP contribution in [-0.2, 0) is 112 Å². The van der Waals surface area contributed by atoms with E-state index in [9.17, 15) is 14.9 Å². The molecular weight excluding hydrogens is 2260 g/mol. The zero-order valence-electron chi connectivity index (χ0n) is 67.0. The van der Waals surface area contributed by atoms with Crippen LogP contribution in [0.25, 0.3) is 57.6 Å². The number of anilines is 1. The monoisotopic (exact) mass is 2380 g/mol. The summed E-state index contributed by atoms with van der Waals surface area (Å²) in [4.78, 5) is 96.7. The number of H-pyrrole nitrogens is 5. The van der Waals surface area contributed by atoms with Gasteiger partial charge in [0.05, 0.1) is 23.0 Å². The molecule has 0 bridgehead atoms. The summed E-state index contributed by atoms with van der Waals surface area (Å²) in [7, 11) is 2.02. The number of nitrogens with two attached hydrogens (primary N) is 1. The number of nitro groups is 1. The number of imidazole rings is 5. The summed E-state index contributed by atoms with van der Waals surface area (Å²) >= 11 is 3.15. The number of aromatic amines is 5. The van der Waals surface area contributed by atoms with Gasteiger partial charge in [0.2, 0.25) is 0 Å². The summed E-state index contributed by atoms with van der Waals surface area (Å²) in [5.41, 5.74) is 16.4. The molecule has 0 aliphatic carbocycles. The van der Waals surface area contributed by atoms with Crippen molar-refractivity contribution in [3.63, 3.8) is 0 Å². The first-order valence-electron chi connectivity index (χ1n) is 31.0. The third kappa shape index (κ3) is 38.2. The average molecular weight is 2380 g/mol. The number of halogens is 1. The molecule has 0 aliphatic rings. The van der Waals surface area contributed by atoms with Crippen LogP contribution in [-0.4, -0.2) is 110 Å². The van der Waals surface area contributed by atoms with Crippen molar-refractivity contribution >= 4 is 27.3 Å². The Hall–Kier alpha value is -6.28. The van der Waals surface area contributed by atoms with Crippen molar-refractivity contribution in [2.24, 2.45) is 7.05 Å². The number of hydrogen-bond acceptors (Lipinski definition) is 18. The van der Waals surface area contributed by atoms with E-state index in [4.69, 9.17) is 5.73 Å². The second-order valence-corrected chi connectivity index (χ2v) is 23.1. The van der Waals surface area contributed by atoms with Crippen LogP contribution >= 0.6 is 15.9 Å². The van der Waals surface area contributed by atoms with Crippen LogP contribution in [0.15, 0.2) is 60.6 Å². The molecule has 0 fully saturated rings. The SMILES string of the molecule is C.C.CC.CC.CCBr.CCC.Cc1[nH]c([C-](C)C)nc1-c1ncc(N)cn1.Cc1[nH]c([C-](C)C)nc1-c1ncc([N+](=O)[O-])c(=O)[nH]1.Cc1cnc(-c2nc([C-](C)C)[nH]c2C)nc1.Cc1cnc(-c2nc([C-](C)C)[nH]c2C)nc1.Cc1cnc(-c2nc([C-](C)C)n(C)c2C)nc1.[CH3-].[CH3-].[CH3-].[CH3-].[CH3-].[W+2].[W+2].[W+2].[W+2].[W+2]. The molecule has 10 aromatic heterocycles. The summed E-state index contributed by atoms with van der Waals surface area (Å²) in [6, 6.07) is 0. The molecule has 0 saturated heterocycles. The number of hydrogen-bond donors (Lipinski definition) is 6. The third-order valence-electron chi connectivity index (χ3n) is 12.3. The van der Waals surface area contributed by atoms with E-state index in [1.54, 1.807) is 44.1 Å². The van der Waals surface area contributed by atoms with Gasteiger partial charge in [-0.1, -0.05) is 85.7 Å². The van der Waals surface area contributed by atoms with Crippen LogP contribution in [0.5, 0.6) is 0 Å². The Kier molecular flexibility index (Phi) is 72.9. The second kappa shape index (κ2) is 62.6. The van der Waals surface area contributed by atoms with Crippen molar-refractivity contribution in [2.75, 3.05) is 11.1 Å². The zero-order chi connectivity index (χ0) is 71.3. The Morgan fingerprint density at radius 1 is 0.434 bits per heavy atom. The summed E-state index contributed by atoms with van der Waals surface area (Å²) in [6.07, 6.45) is 16.2. The van der Waals surface area contributed by atoms with Gasteiger partial charge >= 0.3 is 117 Å². The molecule has 7 N–H and O–H groups in total. The van der Waals surface area contributed by atoms with E-state index in [0.717, 1.165) is 126 Å². The average Bonchev–Trinajstić information content (AvgIpc) is 1.64. The molecular formula is C75H121BrN22O3W5. The number of rotatable bonds is 11. The normalized spacial score (nSPS) is 8.78. The summed E-state index contributed by atoms with van der Waals surface area (Å²) in [6.45, 7) is 50.0. The van der Waals surface area contributed by atoms with Crippen molar-refractivity contribution in [1.29, 1.82) is 0 Å². The minimum atomic E-state index is -0.795. The van der Waals surface area contributed by atoms with E-state index >= 15 is 0 Å². The predicted octanol–water partition coefficient (Wildman–Crippen LogP) is 18.8. The molecule has 0 saturated carbocycles. The van der Waals surface area contributed by atoms with Crippen LogP contribution in [0.1, 0.15) is 213 Å². The molecule has 10 aromatic rings. The minimum absolute atomic E-state index is 0. The molecule has 10 heterocycles. The van der Waals surface area contributed by atoms with Gasteiger partial charge in [-0.05, 0) is 101 Å². The first-order chi connectivity index (χ1) is 44.5. The second-order valence-electron chi connectivity index (χ2n) is 21.9. The molecule has 31 heteroatoms. The third-order valence-corrected chi connectivity index (χ3v) is 12.3. The van der Waals surface area contributed by atoms with E-state index in [2.05, 4.69) is 143 Å². The van der Waals surface area contributed by atoms with Crippen molar-refractivity contribution in [3.05, 3.63) is 217 Å². The fourth-order valence-electron chi connectivity index (χ4n) is 7.55. The first kappa shape index (κ1) is 123. The van der Waals surface area contributed by atoms with Gasteiger partial charge in [0.1, 0.15) is 34.7 Å². The first-order valence-corrected chi connectivity index (χ1v) is 32.2. The summed E-state index contributed by atoms with van der Waals surface area (Å²) in [5.74, 6) is 12.8. The maximum absolute atomic E-state index is 11.5. The number of nitrogens with one attached hydrogen (secondary N) is 5. The van der Waals surface area contributed by atoms with Crippen LogP contribution < -0.4 is 11.3 Å². The van der Waals surface area contributed by atoms with E-state index in [1.807, 2.05) is 158 Å². The topological polar surface area (TPSA) is 351 Å². The standard InChI is InChI=1S/C13H17N4.2C12H15N4.C11H12N5O3.C11H14N5.C3H8.C2H5Br.2C2H6.2CH4.5CH3.5W/c1-8(2)13-16-11(10(4)17(13)5)12-14-6-9(3)7-15-12;2*1-7(2)11-15-9(4)10(16-11)12-13-5-8(3)6-14-12;1-5(2)9-13-6(3)8(14-9)10-12-4-7(16(18)19)11(17)15-10;1-6(2)10-15-7(3)9(16-10)11-13-4-8(12)5-14-11;1-3-2;1-2-3;2*1-2;;;;;;;;;;;;/h6-7H,1-5H3;2*5-6H,1-4H3,(H,15,16);4H,1-3H3,(H,13,14)(H,12,15,17);4-5H,12H2,1-3H3,(H,15,16);3H2,1-2H3;2H2,1H3;2*1-2H3;2*1H4;5*1H3;;;;;/q5*-1;;;;;;;5*-1;5*+2. The van der Waals surface area contributed by atoms with Gasteiger partial charge in [-0.15, -0.1) is 0 Å². The van der Waals surface area contributed by atoms with E-state index in [0.29, 0.717) is 40.5 Å². The Labute approximate surface area is 717 Å². The molecule has 0 aliphatic heterocycles. The number of aromatic nitrogens is 20. The van der Waals surface area contributed by atoms with Gasteiger partial charge in [-0.25, -0.2) is 44.9 Å². The fraction of sp³-hybridized carbons (Fsp3) is 0.400. The quantitative estimate of drug-likeness (QED) is 0.0303. The maximum Gasteiger partial charge on any atom is 2.00 e. The molecule has 0 amide bonds. The molecule has 10 rings (SSSR count). The molecule has 0 spiro atoms. The van der Waals surface area contributed by atoms with Crippen LogP contribution in [0, 0.1) is 132 Å². The number of nitrogens with zero attached hydrogens (tertiary/aromatic N) is 16. The van der Waals surface area contributed by atoms with Crippen LogP contribution in [0.4, 0.5) is 11.4 Å². The van der Waals surface area contributed by atoms with Gasteiger partial charge in [0.15, 0.2) is 29.1 Å². The largest absolute Gasteiger partial charge is 2.00 e. The predicted molar refractivity (Wildman–Crippen MR) is 427 cm³/mol. The Balaban J connectivity index is -0.000000112. The van der Waals surface area contributed by atoms with E-state index in [1.165, 1.54) is 12.3 Å². The van der Waals surface area contributed by atoms with E-state index in [-0.39, 0.29) is 163 Å². The Morgan fingerprint density at radius 3 is 0.906 bits per heavy atom. The maximum atomic E-state index is 11.5. The number of nitrogen functional groups attached to an aromatic ring is 1.